The molecule has 0 amide bonds. The van der Waals surface area contributed by atoms with E-state index in [2.05, 4.69) is 15.1 Å². The molecule has 1 aliphatic heterocycles. The number of pyridine rings is 1. The molecule has 0 N–H and O–H groups in total. The van der Waals surface area contributed by atoms with Gasteiger partial charge in [-0.1, -0.05) is 19.0 Å². The van der Waals surface area contributed by atoms with E-state index in [1.54, 1.807) is 0 Å². The summed E-state index contributed by atoms with van der Waals surface area (Å²) in [6, 6.07) is 1.84. The van der Waals surface area contributed by atoms with Gasteiger partial charge in [-0.15, -0.1) is 0 Å². The fourth-order valence-electron chi connectivity index (χ4n) is 2.68. The van der Waals surface area contributed by atoms with E-state index in [1.807, 2.05) is 18.7 Å². The first-order valence-electron chi connectivity index (χ1n) is 7.49. The van der Waals surface area contributed by atoms with Crippen LogP contribution in [0.1, 0.15) is 55.9 Å². The molecule has 5 nitrogen and oxygen atoms in total. The number of halogens is 3. The highest BCUT2D eigenvalue weighted by atomic mass is 19.4. The van der Waals surface area contributed by atoms with Crippen LogP contribution in [-0.4, -0.2) is 21.7 Å². The van der Waals surface area contributed by atoms with Crippen LogP contribution in [-0.2, 0) is 6.18 Å². The third-order valence-corrected chi connectivity index (χ3v) is 3.87. The fraction of sp³-hybridized carbons (Fsp3) is 0.533. The van der Waals surface area contributed by atoms with Crippen LogP contribution >= 0.6 is 0 Å². The lowest BCUT2D eigenvalue weighted by Gasteiger charge is -2.23. The van der Waals surface area contributed by atoms with Gasteiger partial charge in [0.2, 0.25) is 5.89 Å². The maximum Gasteiger partial charge on any atom is 0.416 e. The summed E-state index contributed by atoms with van der Waals surface area (Å²) in [4.78, 5) is 10.3. The predicted molar refractivity (Wildman–Crippen MR) is 76.9 cm³/mol. The Morgan fingerprint density at radius 1 is 1.35 bits per heavy atom. The summed E-state index contributed by atoms with van der Waals surface area (Å²) in [6.45, 7) is 4.50. The summed E-state index contributed by atoms with van der Waals surface area (Å²) < 4.78 is 43.9. The summed E-state index contributed by atoms with van der Waals surface area (Å²) in [5.74, 6) is 1.44. The molecule has 1 aliphatic rings. The van der Waals surface area contributed by atoms with Gasteiger partial charge in [0, 0.05) is 18.7 Å². The molecule has 23 heavy (non-hydrogen) atoms. The first-order chi connectivity index (χ1) is 10.9. The summed E-state index contributed by atoms with van der Waals surface area (Å²) >= 11 is 0. The Kier molecular flexibility index (Phi) is 3.99. The monoisotopic (exact) mass is 326 g/mol. The maximum absolute atomic E-state index is 12.9. The van der Waals surface area contributed by atoms with Crippen molar-refractivity contribution in [3.05, 3.63) is 35.6 Å². The second-order valence-corrected chi connectivity index (χ2v) is 5.90. The van der Waals surface area contributed by atoms with Crippen LogP contribution < -0.4 is 4.90 Å². The van der Waals surface area contributed by atoms with Crippen LogP contribution in [0.15, 0.2) is 22.9 Å². The van der Waals surface area contributed by atoms with E-state index in [-0.39, 0.29) is 12.0 Å². The molecule has 1 fully saturated rings. The van der Waals surface area contributed by atoms with Crippen LogP contribution in [0.5, 0.6) is 0 Å². The second-order valence-electron chi connectivity index (χ2n) is 5.90. The average molecular weight is 326 g/mol. The molecule has 8 heteroatoms. The van der Waals surface area contributed by atoms with Crippen molar-refractivity contribution in [1.29, 1.82) is 0 Å². The van der Waals surface area contributed by atoms with Gasteiger partial charge in [0.05, 0.1) is 11.6 Å². The topological polar surface area (TPSA) is 55.1 Å². The normalized spacial score (nSPS) is 18.9. The molecule has 1 atom stereocenters. The van der Waals surface area contributed by atoms with Gasteiger partial charge >= 0.3 is 6.18 Å². The molecule has 0 spiro atoms. The molecule has 0 aromatic carbocycles. The molecule has 124 valence electrons. The summed E-state index contributed by atoms with van der Waals surface area (Å²) in [5.41, 5.74) is -0.705. The van der Waals surface area contributed by atoms with Crippen molar-refractivity contribution in [2.75, 3.05) is 11.4 Å². The Morgan fingerprint density at radius 3 is 2.78 bits per heavy atom. The minimum Gasteiger partial charge on any atom is -0.346 e. The molecular formula is C15H17F3N4O. The number of aromatic nitrogens is 3. The number of hydrogen-bond acceptors (Lipinski definition) is 5. The van der Waals surface area contributed by atoms with Gasteiger partial charge < -0.3 is 9.42 Å². The molecule has 1 saturated heterocycles. The summed E-state index contributed by atoms with van der Waals surface area (Å²) in [6.07, 6.45) is -1.60. The molecule has 0 saturated carbocycles. The molecule has 1 unspecified atom stereocenters. The lowest BCUT2D eigenvalue weighted by atomic mass is 10.2. The number of anilines is 1. The minimum absolute atomic E-state index is 0.109. The van der Waals surface area contributed by atoms with Gasteiger partial charge in [0.1, 0.15) is 5.82 Å². The quantitative estimate of drug-likeness (QED) is 0.855. The van der Waals surface area contributed by atoms with Gasteiger partial charge in [0.15, 0.2) is 5.82 Å². The van der Waals surface area contributed by atoms with E-state index < -0.39 is 11.7 Å². The van der Waals surface area contributed by atoms with E-state index in [9.17, 15) is 13.2 Å². The van der Waals surface area contributed by atoms with E-state index in [4.69, 9.17) is 4.52 Å². The molecule has 2 aromatic heterocycles. The van der Waals surface area contributed by atoms with Crippen molar-refractivity contribution in [3.8, 4) is 0 Å². The number of hydrogen-bond donors (Lipinski definition) is 0. The number of nitrogens with zero attached hydrogens (tertiary/aromatic N) is 4. The fourth-order valence-corrected chi connectivity index (χ4v) is 2.68. The Balaban J connectivity index is 1.89. The van der Waals surface area contributed by atoms with Crippen LogP contribution in [0.25, 0.3) is 0 Å². The van der Waals surface area contributed by atoms with E-state index in [0.29, 0.717) is 24.1 Å². The molecule has 0 aliphatic carbocycles. The molecule has 0 radical (unpaired) electrons. The largest absolute Gasteiger partial charge is 0.416 e. The SMILES string of the molecule is CC(C)c1nc(C2CCCN2c2cc(C(F)(F)F)ccn2)no1. The van der Waals surface area contributed by atoms with Crippen LogP contribution in [0.4, 0.5) is 19.0 Å². The molecule has 2 aromatic rings. The highest BCUT2D eigenvalue weighted by Gasteiger charge is 2.34. The smallest absolute Gasteiger partial charge is 0.346 e. The zero-order valence-corrected chi connectivity index (χ0v) is 12.8. The molecule has 0 bridgehead atoms. The van der Waals surface area contributed by atoms with Crippen molar-refractivity contribution in [3.63, 3.8) is 0 Å². The Hall–Kier alpha value is -2.12. The van der Waals surface area contributed by atoms with Gasteiger partial charge in [-0.25, -0.2) is 4.98 Å². The van der Waals surface area contributed by atoms with Gasteiger partial charge in [-0.05, 0) is 25.0 Å². The summed E-state index contributed by atoms with van der Waals surface area (Å²) in [7, 11) is 0. The lowest BCUT2D eigenvalue weighted by Crippen LogP contribution is -2.25. The number of rotatable bonds is 3. The average Bonchev–Trinajstić information content (AvgIpc) is 3.15. The predicted octanol–water partition coefficient (Wildman–Crippen LogP) is 3.95. The van der Waals surface area contributed by atoms with Crippen molar-refractivity contribution in [1.82, 2.24) is 15.1 Å². The third kappa shape index (κ3) is 3.16. The third-order valence-electron chi connectivity index (χ3n) is 3.87. The Labute approximate surface area is 131 Å². The second kappa shape index (κ2) is 5.82. The Bertz CT molecular complexity index is 683. The highest BCUT2D eigenvalue weighted by Crippen LogP contribution is 2.37. The van der Waals surface area contributed by atoms with E-state index in [0.717, 1.165) is 25.0 Å². The van der Waals surface area contributed by atoms with Crippen molar-refractivity contribution in [2.45, 2.75) is 44.8 Å². The maximum atomic E-state index is 12.9. The van der Waals surface area contributed by atoms with E-state index in [1.165, 1.54) is 6.20 Å². The zero-order valence-electron chi connectivity index (χ0n) is 12.8. The molecular weight excluding hydrogens is 309 g/mol. The molecule has 3 rings (SSSR count). The highest BCUT2D eigenvalue weighted by molar-refractivity contribution is 5.44. The Morgan fingerprint density at radius 2 is 2.13 bits per heavy atom. The van der Waals surface area contributed by atoms with Gasteiger partial charge in [0.25, 0.3) is 0 Å². The van der Waals surface area contributed by atoms with E-state index >= 15 is 0 Å². The lowest BCUT2D eigenvalue weighted by molar-refractivity contribution is -0.137. The number of alkyl halides is 3. The minimum atomic E-state index is -4.39. The molecule has 3 heterocycles. The van der Waals surface area contributed by atoms with Crippen molar-refractivity contribution in [2.24, 2.45) is 0 Å². The summed E-state index contributed by atoms with van der Waals surface area (Å²) in [5, 5.41) is 3.99. The van der Waals surface area contributed by atoms with Crippen molar-refractivity contribution >= 4 is 5.82 Å². The van der Waals surface area contributed by atoms with Crippen molar-refractivity contribution < 1.29 is 17.7 Å². The van der Waals surface area contributed by atoms with Gasteiger partial charge in [-0.2, -0.15) is 18.2 Å². The standard InChI is InChI=1S/C15H17F3N4O/c1-9(2)14-20-13(21-23-14)11-4-3-7-22(11)12-8-10(5-6-19-12)15(16,17)18/h5-6,8-9,11H,3-4,7H2,1-2H3. The first kappa shape index (κ1) is 15.8. The zero-order chi connectivity index (χ0) is 16.6. The van der Waals surface area contributed by atoms with Crippen LogP contribution in [0.3, 0.4) is 0 Å². The van der Waals surface area contributed by atoms with Gasteiger partial charge in [-0.3, -0.25) is 0 Å². The van der Waals surface area contributed by atoms with Crippen LogP contribution in [0.2, 0.25) is 0 Å². The first-order valence-corrected chi connectivity index (χ1v) is 7.49. The van der Waals surface area contributed by atoms with Crippen LogP contribution in [0, 0.1) is 0 Å².